The number of rotatable bonds is 4. The molecule has 1 fully saturated rings. The van der Waals surface area contributed by atoms with Gasteiger partial charge in [0.05, 0.1) is 5.69 Å². The number of carbonyl (C=O) groups is 1. The van der Waals surface area contributed by atoms with Crippen molar-refractivity contribution in [3.05, 3.63) is 39.9 Å². The van der Waals surface area contributed by atoms with Crippen molar-refractivity contribution in [3.8, 4) is 5.75 Å². The van der Waals surface area contributed by atoms with Crippen LogP contribution in [0.4, 0.5) is 5.13 Å². The third kappa shape index (κ3) is 3.97. The van der Waals surface area contributed by atoms with Crippen LogP contribution in [0.25, 0.3) is 0 Å². The average molecular weight is 378 g/mol. The number of fused-ring (bicyclic) bond motifs is 1. The number of nitrogens with one attached hydrogen (secondary N) is 1. The van der Waals surface area contributed by atoms with E-state index < -0.39 is 6.10 Å². The molecule has 2 aromatic rings. The molecule has 132 valence electrons. The first-order valence-electron chi connectivity index (χ1n) is 8.60. The molecule has 7 heteroatoms. The van der Waals surface area contributed by atoms with Gasteiger partial charge in [-0.2, -0.15) is 0 Å². The summed E-state index contributed by atoms with van der Waals surface area (Å²) >= 11 is 7.46. The van der Waals surface area contributed by atoms with Crippen LogP contribution >= 0.6 is 22.9 Å². The number of aromatic nitrogens is 1. The van der Waals surface area contributed by atoms with Crippen LogP contribution in [0.3, 0.4) is 0 Å². The molecule has 0 saturated carbocycles. The lowest BCUT2D eigenvalue weighted by Gasteiger charge is -2.25. The van der Waals surface area contributed by atoms with E-state index in [1.54, 1.807) is 6.07 Å². The molecule has 1 aromatic carbocycles. The number of anilines is 1. The SMILES string of the molecule is O=C(Nc1nc(CN2CCCCC2)cs1)C1Cc2cc(Cl)ccc2O1. The lowest BCUT2D eigenvalue weighted by Crippen LogP contribution is -2.31. The van der Waals surface area contributed by atoms with Gasteiger partial charge < -0.3 is 4.74 Å². The van der Waals surface area contributed by atoms with E-state index in [0.717, 1.165) is 36.6 Å². The fraction of sp³-hybridized carbons (Fsp3) is 0.444. The Labute approximate surface area is 156 Å². The first-order chi connectivity index (χ1) is 12.2. The number of piperidine rings is 1. The van der Waals surface area contributed by atoms with Crippen molar-refractivity contribution in [1.82, 2.24) is 9.88 Å². The van der Waals surface area contributed by atoms with Gasteiger partial charge in [0, 0.05) is 23.4 Å². The second-order valence-corrected chi connectivity index (χ2v) is 7.83. The topological polar surface area (TPSA) is 54.5 Å². The second kappa shape index (κ2) is 7.32. The molecule has 25 heavy (non-hydrogen) atoms. The summed E-state index contributed by atoms with van der Waals surface area (Å²) in [5, 5.41) is 6.20. The molecule has 1 saturated heterocycles. The van der Waals surface area contributed by atoms with Crippen LogP contribution in [0.5, 0.6) is 5.75 Å². The smallest absolute Gasteiger partial charge is 0.267 e. The van der Waals surface area contributed by atoms with Crippen molar-refractivity contribution < 1.29 is 9.53 Å². The Morgan fingerprint density at radius 1 is 1.36 bits per heavy atom. The Morgan fingerprint density at radius 3 is 3.04 bits per heavy atom. The quantitative estimate of drug-likeness (QED) is 0.882. The summed E-state index contributed by atoms with van der Waals surface area (Å²) in [6.07, 6.45) is 3.86. The number of halogens is 1. The first-order valence-corrected chi connectivity index (χ1v) is 9.86. The van der Waals surface area contributed by atoms with E-state index in [9.17, 15) is 4.79 Å². The van der Waals surface area contributed by atoms with E-state index in [2.05, 4.69) is 15.2 Å². The van der Waals surface area contributed by atoms with Gasteiger partial charge in [0.2, 0.25) is 0 Å². The number of nitrogens with zero attached hydrogens (tertiary/aromatic N) is 2. The molecular formula is C18H20ClN3O2S. The maximum absolute atomic E-state index is 12.5. The number of thiazole rings is 1. The number of carbonyl (C=O) groups excluding carboxylic acids is 1. The van der Waals surface area contributed by atoms with E-state index in [-0.39, 0.29) is 5.91 Å². The minimum absolute atomic E-state index is 0.161. The third-order valence-electron chi connectivity index (χ3n) is 4.61. The van der Waals surface area contributed by atoms with E-state index in [4.69, 9.17) is 16.3 Å². The molecular weight excluding hydrogens is 358 g/mol. The van der Waals surface area contributed by atoms with Crippen LogP contribution in [-0.2, 0) is 17.8 Å². The molecule has 5 nitrogen and oxygen atoms in total. The van der Waals surface area contributed by atoms with Crippen molar-refractivity contribution in [1.29, 1.82) is 0 Å². The standard InChI is InChI=1S/C18H20ClN3O2S/c19-13-4-5-15-12(8-13)9-16(24-15)17(23)21-18-20-14(11-25-18)10-22-6-2-1-3-7-22/h4-5,8,11,16H,1-3,6-7,9-10H2,(H,20,21,23). The van der Waals surface area contributed by atoms with Gasteiger partial charge in [0.25, 0.3) is 5.91 Å². The van der Waals surface area contributed by atoms with Crippen molar-refractivity contribution in [2.45, 2.75) is 38.3 Å². The number of hydrogen-bond donors (Lipinski definition) is 1. The molecule has 1 N–H and O–H groups in total. The fourth-order valence-electron chi connectivity index (χ4n) is 3.33. The molecule has 2 aliphatic rings. The zero-order chi connectivity index (χ0) is 17.2. The van der Waals surface area contributed by atoms with Crippen molar-refractivity contribution in [2.24, 2.45) is 0 Å². The van der Waals surface area contributed by atoms with E-state index in [1.165, 1.54) is 30.6 Å². The third-order valence-corrected chi connectivity index (χ3v) is 5.65. The lowest BCUT2D eigenvalue weighted by molar-refractivity contribution is -0.122. The maximum atomic E-state index is 12.5. The predicted molar refractivity (Wildman–Crippen MR) is 99.4 cm³/mol. The molecule has 4 rings (SSSR count). The molecule has 3 heterocycles. The Bertz CT molecular complexity index is 773. The molecule has 0 spiro atoms. The van der Waals surface area contributed by atoms with E-state index in [1.807, 2.05) is 17.5 Å². The van der Waals surface area contributed by atoms with Crippen LogP contribution in [0.2, 0.25) is 5.02 Å². The van der Waals surface area contributed by atoms with Crippen LogP contribution in [0, 0.1) is 0 Å². The van der Waals surface area contributed by atoms with Gasteiger partial charge in [0.15, 0.2) is 11.2 Å². The Morgan fingerprint density at radius 2 is 2.20 bits per heavy atom. The number of benzene rings is 1. The highest BCUT2D eigenvalue weighted by Gasteiger charge is 2.29. The van der Waals surface area contributed by atoms with Gasteiger partial charge in [-0.1, -0.05) is 18.0 Å². The molecule has 1 unspecified atom stereocenters. The zero-order valence-electron chi connectivity index (χ0n) is 13.8. The molecule has 2 aliphatic heterocycles. The first kappa shape index (κ1) is 16.8. The highest BCUT2D eigenvalue weighted by molar-refractivity contribution is 7.13. The Balaban J connectivity index is 1.34. The number of hydrogen-bond acceptors (Lipinski definition) is 5. The van der Waals surface area contributed by atoms with E-state index in [0.29, 0.717) is 16.6 Å². The summed E-state index contributed by atoms with van der Waals surface area (Å²) < 4.78 is 5.72. The summed E-state index contributed by atoms with van der Waals surface area (Å²) in [7, 11) is 0. The average Bonchev–Trinajstić information content (AvgIpc) is 3.22. The van der Waals surface area contributed by atoms with Crippen LogP contribution in [-0.4, -0.2) is 35.0 Å². The molecule has 1 atom stereocenters. The number of likely N-dealkylation sites (tertiary alicyclic amines) is 1. The van der Waals surface area contributed by atoms with Crippen molar-refractivity contribution >= 4 is 34.0 Å². The molecule has 1 aromatic heterocycles. The van der Waals surface area contributed by atoms with Crippen molar-refractivity contribution in [3.63, 3.8) is 0 Å². The van der Waals surface area contributed by atoms with Gasteiger partial charge in [-0.3, -0.25) is 15.0 Å². The summed E-state index contributed by atoms with van der Waals surface area (Å²) in [6.45, 7) is 3.13. The van der Waals surface area contributed by atoms with Crippen LogP contribution in [0.1, 0.15) is 30.5 Å². The summed E-state index contributed by atoms with van der Waals surface area (Å²) in [4.78, 5) is 19.4. The molecule has 1 amide bonds. The second-order valence-electron chi connectivity index (χ2n) is 6.53. The normalized spacial score (nSPS) is 20.1. The molecule has 0 bridgehead atoms. The maximum Gasteiger partial charge on any atom is 0.267 e. The largest absolute Gasteiger partial charge is 0.480 e. The summed E-state index contributed by atoms with van der Waals surface area (Å²) in [6, 6.07) is 5.43. The van der Waals surface area contributed by atoms with Gasteiger partial charge in [-0.25, -0.2) is 4.98 Å². The number of amides is 1. The predicted octanol–water partition coefficient (Wildman–Crippen LogP) is 3.72. The van der Waals surface area contributed by atoms with E-state index >= 15 is 0 Å². The van der Waals surface area contributed by atoms with Crippen molar-refractivity contribution in [2.75, 3.05) is 18.4 Å². The lowest BCUT2D eigenvalue weighted by atomic mass is 10.1. The number of ether oxygens (including phenoxy) is 1. The van der Waals surface area contributed by atoms with Gasteiger partial charge >= 0.3 is 0 Å². The minimum Gasteiger partial charge on any atom is -0.480 e. The Kier molecular flexibility index (Phi) is 4.92. The molecule has 0 radical (unpaired) electrons. The molecule has 0 aliphatic carbocycles. The fourth-order valence-corrected chi connectivity index (χ4v) is 4.23. The van der Waals surface area contributed by atoms with Gasteiger partial charge in [0.1, 0.15) is 5.75 Å². The minimum atomic E-state index is -0.525. The summed E-state index contributed by atoms with van der Waals surface area (Å²) in [5.74, 6) is 0.570. The van der Waals surface area contributed by atoms with Crippen LogP contribution in [0.15, 0.2) is 23.6 Å². The van der Waals surface area contributed by atoms with Crippen LogP contribution < -0.4 is 10.1 Å². The monoisotopic (exact) mass is 377 g/mol. The van der Waals surface area contributed by atoms with Gasteiger partial charge in [-0.15, -0.1) is 11.3 Å². The highest BCUT2D eigenvalue weighted by atomic mass is 35.5. The summed E-state index contributed by atoms with van der Waals surface area (Å²) in [5.41, 5.74) is 1.99. The van der Waals surface area contributed by atoms with Gasteiger partial charge in [-0.05, 0) is 49.7 Å². The zero-order valence-corrected chi connectivity index (χ0v) is 15.4. The highest BCUT2D eigenvalue weighted by Crippen LogP contribution is 2.31. The Hall–Kier alpha value is -1.63.